The van der Waals surface area contributed by atoms with Crippen molar-refractivity contribution in [3.05, 3.63) is 30.2 Å². The minimum Gasteiger partial charge on any atom is -0.474 e. The molecule has 10 heteroatoms. The first kappa shape index (κ1) is 21.5. The zero-order valence-corrected chi connectivity index (χ0v) is 18.8. The minimum atomic E-state index is -1.11. The average molecular weight is 446 g/mol. The number of rotatable bonds is 5. The Hall–Kier alpha value is -2.75. The molecule has 1 saturated heterocycles. The lowest BCUT2D eigenvalue weighted by Gasteiger charge is -2.36. The summed E-state index contributed by atoms with van der Waals surface area (Å²) in [6, 6.07) is 3.73. The summed E-state index contributed by atoms with van der Waals surface area (Å²) in [5, 5.41) is 0.554. The van der Waals surface area contributed by atoms with Crippen LogP contribution < -0.4 is 9.64 Å². The number of aromatic nitrogens is 3. The van der Waals surface area contributed by atoms with Crippen molar-refractivity contribution in [1.29, 1.82) is 0 Å². The van der Waals surface area contributed by atoms with Crippen LogP contribution in [0.1, 0.15) is 32.3 Å². The smallest absolute Gasteiger partial charge is 0.409 e. The lowest BCUT2D eigenvalue weighted by Crippen LogP contribution is -2.47. The number of fused-ring (bicyclic) bond motifs is 1. The summed E-state index contributed by atoms with van der Waals surface area (Å²) in [6.07, 6.45) is 6.79. The lowest BCUT2D eigenvalue weighted by molar-refractivity contribution is 0.0433. The molecule has 0 aromatic carbocycles. The Kier molecular flexibility index (Phi) is 6.35. The summed E-state index contributed by atoms with van der Waals surface area (Å²) in [5.41, 5.74) is 1.88. The third-order valence-electron chi connectivity index (χ3n) is 5.66. The Morgan fingerprint density at radius 3 is 2.77 bits per heavy atom. The maximum atomic E-state index is 12.1. The van der Waals surface area contributed by atoms with Crippen molar-refractivity contribution in [2.45, 2.75) is 50.3 Å². The molecule has 2 aliphatic heterocycles. The van der Waals surface area contributed by atoms with Crippen LogP contribution in [0.4, 0.5) is 16.3 Å². The molecule has 2 aromatic heterocycles. The molecule has 2 aromatic rings. The highest BCUT2D eigenvalue weighted by Gasteiger charge is 2.33. The minimum absolute atomic E-state index is 0.0192. The van der Waals surface area contributed by atoms with Crippen molar-refractivity contribution >= 4 is 28.4 Å². The first-order valence-corrected chi connectivity index (χ1v) is 12.0. The molecule has 166 valence electrons. The Morgan fingerprint density at radius 2 is 2.10 bits per heavy atom. The van der Waals surface area contributed by atoms with Crippen LogP contribution in [0, 0.1) is 0 Å². The maximum Gasteiger partial charge on any atom is 0.409 e. The molecule has 0 aliphatic carbocycles. The van der Waals surface area contributed by atoms with E-state index in [0.29, 0.717) is 24.1 Å². The summed E-state index contributed by atoms with van der Waals surface area (Å²) in [7, 11) is -1.11. The summed E-state index contributed by atoms with van der Waals surface area (Å²) in [4.78, 5) is 29.1. The summed E-state index contributed by atoms with van der Waals surface area (Å²) < 4.78 is 23.0. The van der Waals surface area contributed by atoms with Gasteiger partial charge in [-0.2, -0.15) is 0 Å². The number of hydrogen-bond donors (Lipinski definition) is 0. The van der Waals surface area contributed by atoms with Crippen molar-refractivity contribution < 1.29 is 18.5 Å². The van der Waals surface area contributed by atoms with Gasteiger partial charge in [-0.1, -0.05) is 0 Å². The Balaban J connectivity index is 1.46. The second-order valence-electron chi connectivity index (χ2n) is 7.70. The van der Waals surface area contributed by atoms with Crippen LogP contribution in [-0.2, 0) is 22.0 Å². The van der Waals surface area contributed by atoms with Crippen LogP contribution in [0.5, 0.6) is 5.88 Å². The molecule has 0 radical (unpaired) electrons. The number of carbonyl (C=O) groups is 1. The van der Waals surface area contributed by atoms with Gasteiger partial charge in [0.2, 0.25) is 5.88 Å². The summed E-state index contributed by atoms with van der Waals surface area (Å²) in [6.45, 7) is 5.55. The van der Waals surface area contributed by atoms with Crippen molar-refractivity contribution in [3.63, 3.8) is 0 Å². The molecule has 0 spiro atoms. The summed E-state index contributed by atoms with van der Waals surface area (Å²) in [5.74, 6) is 1.42. The number of piperidine rings is 1. The van der Waals surface area contributed by atoms with E-state index in [1.54, 1.807) is 23.4 Å². The number of nitrogens with zero attached hydrogens (tertiary/aromatic N) is 5. The van der Waals surface area contributed by atoms with Crippen LogP contribution in [0.15, 0.2) is 29.7 Å². The molecule has 31 heavy (non-hydrogen) atoms. The van der Waals surface area contributed by atoms with Gasteiger partial charge >= 0.3 is 6.09 Å². The van der Waals surface area contributed by atoms with Gasteiger partial charge in [-0.3, -0.25) is 4.21 Å². The highest BCUT2D eigenvalue weighted by molar-refractivity contribution is 7.84. The number of carbonyl (C=O) groups excluding carboxylic acids is 1. The van der Waals surface area contributed by atoms with Gasteiger partial charge in [-0.15, -0.1) is 0 Å². The van der Waals surface area contributed by atoms with E-state index >= 15 is 0 Å². The molecule has 3 atom stereocenters. The van der Waals surface area contributed by atoms with E-state index in [2.05, 4.69) is 19.9 Å². The highest BCUT2D eigenvalue weighted by Crippen LogP contribution is 2.37. The van der Waals surface area contributed by atoms with Gasteiger partial charge in [-0.25, -0.2) is 19.7 Å². The van der Waals surface area contributed by atoms with E-state index in [9.17, 15) is 9.00 Å². The standard InChI is InChI=1S/C21H27N5O4S/c1-4-29-21(27)25-9-7-16(11-14(25)2)30-20-17-8-10-26(19(17)23-13-24-20)15-5-6-18(22-12-15)31(3)28/h5-6,12-14,16H,4,7-11H2,1-3H3. The number of anilines is 2. The number of amides is 1. The zero-order valence-electron chi connectivity index (χ0n) is 18.0. The van der Waals surface area contributed by atoms with E-state index in [1.165, 1.54) is 6.33 Å². The van der Waals surface area contributed by atoms with Crippen molar-refractivity contribution in [3.8, 4) is 5.88 Å². The maximum absolute atomic E-state index is 12.1. The molecule has 1 fully saturated rings. The van der Waals surface area contributed by atoms with E-state index in [4.69, 9.17) is 9.47 Å². The second kappa shape index (κ2) is 9.17. The van der Waals surface area contributed by atoms with E-state index in [-0.39, 0.29) is 18.2 Å². The van der Waals surface area contributed by atoms with Gasteiger partial charge < -0.3 is 19.3 Å². The van der Waals surface area contributed by atoms with Crippen LogP contribution >= 0.6 is 0 Å². The lowest BCUT2D eigenvalue weighted by atomic mass is 10.0. The molecule has 0 N–H and O–H groups in total. The molecule has 9 nitrogen and oxygen atoms in total. The fraction of sp³-hybridized carbons (Fsp3) is 0.524. The molecule has 4 heterocycles. The molecule has 0 bridgehead atoms. The molecule has 0 saturated carbocycles. The van der Waals surface area contributed by atoms with Crippen LogP contribution in [0.3, 0.4) is 0 Å². The van der Waals surface area contributed by atoms with Crippen molar-refractivity contribution in [2.75, 3.05) is 30.9 Å². The van der Waals surface area contributed by atoms with Gasteiger partial charge in [0.1, 0.15) is 23.3 Å². The Bertz CT molecular complexity index is 971. The molecule has 2 aliphatic rings. The predicted octanol–water partition coefficient (Wildman–Crippen LogP) is 2.69. The van der Waals surface area contributed by atoms with Crippen molar-refractivity contribution in [2.24, 2.45) is 0 Å². The molecule has 3 unspecified atom stereocenters. The topological polar surface area (TPSA) is 97.7 Å². The van der Waals surface area contributed by atoms with Gasteiger partial charge in [0.15, 0.2) is 0 Å². The van der Waals surface area contributed by atoms with Gasteiger partial charge in [0.05, 0.1) is 34.9 Å². The average Bonchev–Trinajstić information content (AvgIpc) is 3.19. The molecule has 1 amide bonds. The SMILES string of the molecule is CCOC(=O)N1CCC(Oc2ncnc3c2CCN3c2ccc(S(C)=O)nc2)CC1C. The van der Waals surface area contributed by atoms with Crippen LogP contribution in [-0.4, -0.2) is 68.3 Å². The number of likely N-dealkylation sites (tertiary alicyclic amines) is 1. The highest BCUT2D eigenvalue weighted by atomic mass is 32.2. The van der Waals surface area contributed by atoms with Gasteiger partial charge in [-0.05, 0) is 32.4 Å². The molecular weight excluding hydrogens is 418 g/mol. The Labute approximate surface area is 184 Å². The van der Waals surface area contributed by atoms with Crippen molar-refractivity contribution in [1.82, 2.24) is 19.9 Å². The first-order chi connectivity index (χ1) is 15.0. The monoisotopic (exact) mass is 445 g/mol. The predicted molar refractivity (Wildman–Crippen MR) is 116 cm³/mol. The third-order valence-corrected chi connectivity index (χ3v) is 6.49. The van der Waals surface area contributed by atoms with Crippen LogP contribution in [0.25, 0.3) is 0 Å². The quantitative estimate of drug-likeness (QED) is 0.693. The van der Waals surface area contributed by atoms with E-state index < -0.39 is 10.8 Å². The Morgan fingerprint density at radius 1 is 1.26 bits per heavy atom. The number of hydrogen-bond acceptors (Lipinski definition) is 8. The largest absolute Gasteiger partial charge is 0.474 e. The first-order valence-electron chi connectivity index (χ1n) is 10.5. The second-order valence-corrected chi connectivity index (χ2v) is 9.02. The molecular formula is C21H27N5O4S. The normalized spacial score (nSPS) is 21.5. The zero-order chi connectivity index (χ0) is 22.0. The van der Waals surface area contributed by atoms with E-state index in [1.807, 2.05) is 19.9 Å². The van der Waals surface area contributed by atoms with Crippen LogP contribution in [0.2, 0.25) is 0 Å². The number of ether oxygens (including phenoxy) is 2. The summed E-state index contributed by atoms with van der Waals surface area (Å²) >= 11 is 0. The number of pyridine rings is 1. The fourth-order valence-electron chi connectivity index (χ4n) is 4.09. The van der Waals surface area contributed by atoms with Gasteiger partial charge in [0.25, 0.3) is 0 Å². The third kappa shape index (κ3) is 4.48. The fourth-order valence-corrected chi connectivity index (χ4v) is 4.56. The van der Waals surface area contributed by atoms with Gasteiger partial charge in [0, 0.05) is 38.2 Å². The van der Waals surface area contributed by atoms with E-state index in [0.717, 1.165) is 42.9 Å². The molecule has 4 rings (SSSR count).